The zero-order chi connectivity index (χ0) is 12.5. The van der Waals surface area contributed by atoms with E-state index in [9.17, 15) is 0 Å². The average molecular weight is 235 g/mol. The molecule has 1 aliphatic carbocycles. The summed E-state index contributed by atoms with van der Waals surface area (Å²) in [5, 5.41) is 8.02. The third-order valence-corrected chi connectivity index (χ3v) is 3.75. The Hall–Kier alpha value is -0.830. The molecule has 2 rings (SSSR count). The summed E-state index contributed by atoms with van der Waals surface area (Å²) in [6, 6.07) is 1.14. The molecule has 0 aromatic carbocycles. The number of hydrogen-bond acceptors (Lipinski definition) is 2. The van der Waals surface area contributed by atoms with Crippen LogP contribution in [0.3, 0.4) is 0 Å². The Balaban J connectivity index is 1.82. The van der Waals surface area contributed by atoms with Gasteiger partial charge in [0, 0.05) is 30.4 Å². The van der Waals surface area contributed by atoms with E-state index in [2.05, 4.69) is 44.3 Å². The maximum absolute atomic E-state index is 4.37. The lowest BCUT2D eigenvalue weighted by Gasteiger charge is -2.17. The molecule has 0 bridgehead atoms. The topological polar surface area (TPSA) is 29.9 Å². The highest BCUT2D eigenvalue weighted by atomic mass is 15.3. The first-order valence-corrected chi connectivity index (χ1v) is 6.73. The van der Waals surface area contributed by atoms with Gasteiger partial charge in [-0.15, -0.1) is 0 Å². The molecule has 1 aromatic heterocycles. The largest absolute Gasteiger partial charge is 0.310 e. The predicted octanol–water partition coefficient (Wildman–Crippen LogP) is 3.13. The normalized spacial score (nSPS) is 23.5. The highest BCUT2D eigenvalue weighted by molar-refractivity contribution is 5.04. The van der Waals surface area contributed by atoms with Gasteiger partial charge in [-0.25, -0.2) is 0 Å². The lowest BCUT2D eigenvalue weighted by molar-refractivity contribution is 0.364. The minimum Gasteiger partial charge on any atom is -0.310 e. The van der Waals surface area contributed by atoms with Gasteiger partial charge in [0.15, 0.2) is 0 Å². The molecule has 1 N–H and O–H groups in total. The Morgan fingerprint density at radius 1 is 1.53 bits per heavy atom. The van der Waals surface area contributed by atoms with E-state index < -0.39 is 0 Å². The van der Waals surface area contributed by atoms with Gasteiger partial charge in [-0.2, -0.15) is 5.10 Å². The molecule has 0 amide bonds. The first-order valence-electron chi connectivity index (χ1n) is 6.73. The summed E-state index contributed by atoms with van der Waals surface area (Å²) in [7, 11) is 0. The van der Waals surface area contributed by atoms with Crippen LogP contribution in [-0.2, 0) is 6.54 Å². The molecular weight excluding hydrogens is 210 g/mol. The van der Waals surface area contributed by atoms with Gasteiger partial charge in [0.05, 0.1) is 6.20 Å². The van der Waals surface area contributed by atoms with Gasteiger partial charge in [-0.05, 0) is 38.5 Å². The number of aromatic nitrogens is 2. The average Bonchev–Trinajstić information content (AvgIpc) is 2.81. The summed E-state index contributed by atoms with van der Waals surface area (Å²) < 4.78 is 2.02. The lowest BCUT2D eigenvalue weighted by atomic mass is 9.92. The highest BCUT2D eigenvalue weighted by Gasteiger charge is 2.30. The van der Waals surface area contributed by atoms with Crippen LogP contribution in [0.25, 0.3) is 0 Å². The highest BCUT2D eigenvalue weighted by Crippen LogP contribution is 2.36. The van der Waals surface area contributed by atoms with E-state index in [4.69, 9.17) is 0 Å². The zero-order valence-corrected chi connectivity index (χ0v) is 11.5. The molecule has 17 heavy (non-hydrogen) atoms. The van der Waals surface area contributed by atoms with Gasteiger partial charge in [0.1, 0.15) is 0 Å². The maximum Gasteiger partial charge on any atom is 0.0534 e. The van der Waals surface area contributed by atoms with Gasteiger partial charge >= 0.3 is 0 Å². The standard InChI is InChI=1S/C14H25N3/c1-11(2)17-10-12(9-16-17)8-15-13-5-6-14(3,4)7-13/h9-11,13,15H,5-8H2,1-4H3. The van der Waals surface area contributed by atoms with E-state index in [0.717, 1.165) is 6.54 Å². The molecule has 96 valence electrons. The SMILES string of the molecule is CC(C)n1cc(CNC2CCC(C)(C)C2)cn1. The van der Waals surface area contributed by atoms with Crippen LogP contribution in [-0.4, -0.2) is 15.8 Å². The van der Waals surface area contributed by atoms with Crippen LogP contribution in [0.1, 0.15) is 58.6 Å². The van der Waals surface area contributed by atoms with E-state index in [0.29, 0.717) is 17.5 Å². The molecule has 3 nitrogen and oxygen atoms in total. The van der Waals surface area contributed by atoms with Crippen molar-refractivity contribution in [2.75, 3.05) is 0 Å². The lowest BCUT2D eigenvalue weighted by Crippen LogP contribution is -2.26. The van der Waals surface area contributed by atoms with Crippen molar-refractivity contribution in [3.63, 3.8) is 0 Å². The van der Waals surface area contributed by atoms with Crippen LogP contribution in [0.5, 0.6) is 0 Å². The fourth-order valence-corrected chi connectivity index (χ4v) is 2.62. The van der Waals surface area contributed by atoms with Crippen LogP contribution >= 0.6 is 0 Å². The van der Waals surface area contributed by atoms with Crippen molar-refractivity contribution in [3.8, 4) is 0 Å². The Kier molecular flexibility index (Phi) is 3.57. The van der Waals surface area contributed by atoms with E-state index in [-0.39, 0.29) is 0 Å². The van der Waals surface area contributed by atoms with Gasteiger partial charge in [-0.1, -0.05) is 13.8 Å². The van der Waals surface area contributed by atoms with E-state index in [1.807, 2.05) is 10.9 Å². The molecule has 1 saturated carbocycles. The van der Waals surface area contributed by atoms with Crippen molar-refractivity contribution in [2.45, 2.75) is 65.6 Å². The smallest absolute Gasteiger partial charge is 0.0534 e. The quantitative estimate of drug-likeness (QED) is 0.869. The van der Waals surface area contributed by atoms with E-state index >= 15 is 0 Å². The third kappa shape index (κ3) is 3.32. The number of rotatable bonds is 4. The monoisotopic (exact) mass is 235 g/mol. The molecular formula is C14H25N3. The number of hydrogen-bond donors (Lipinski definition) is 1. The molecule has 1 unspecified atom stereocenters. The Bertz CT molecular complexity index is 365. The second-order valence-electron chi connectivity index (χ2n) is 6.41. The second kappa shape index (κ2) is 4.81. The van der Waals surface area contributed by atoms with Gasteiger partial charge in [-0.3, -0.25) is 4.68 Å². The summed E-state index contributed by atoms with van der Waals surface area (Å²) in [6.45, 7) is 10.00. The summed E-state index contributed by atoms with van der Waals surface area (Å²) in [4.78, 5) is 0. The summed E-state index contributed by atoms with van der Waals surface area (Å²) in [5.41, 5.74) is 1.82. The minimum absolute atomic E-state index is 0.453. The zero-order valence-electron chi connectivity index (χ0n) is 11.5. The molecule has 0 aliphatic heterocycles. The van der Waals surface area contributed by atoms with Crippen molar-refractivity contribution in [3.05, 3.63) is 18.0 Å². The van der Waals surface area contributed by atoms with Crippen molar-refractivity contribution < 1.29 is 0 Å². The molecule has 1 aromatic rings. The van der Waals surface area contributed by atoms with Gasteiger partial charge in [0.2, 0.25) is 0 Å². The summed E-state index contributed by atoms with van der Waals surface area (Å²) in [6.07, 6.45) is 8.08. The van der Waals surface area contributed by atoms with E-state index in [1.54, 1.807) is 0 Å². The molecule has 0 saturated heterocycles. The molecule has 1 atom stereocenters. The summed E-state index contributed by atoms with van der Waals surface area (Å²) >= 11 is 0. The number of nitrogens with one attached hydrogen (secondary N) is 1. The van der Waals surface area contributed by atoms with Crippen molar-refractivity contribution in [2.24, 2.45) is 5.41 Å². The van der Waals surface area contributed by atoms with Crippen molar-refractivity contribution in [1.29, 1.82) is 0 Å². The molecule has 0 spiro atoms. The third-order valence-electron chi connectivity index (χ3n) is 3.75. The Morgan fingerprint density at radius 3 is 2.82 bits per heavy atom. The molecule has 0 radical (unpaired) electrons. The molecule has 1 heterocycles. The maximum atomic E-state index is 4.37. The molecule has 1 fully saturated rings. The van der Waals surface area contributed by atoms with Crippen LogP contribution in [0, 0.1) is 5.41 Å². The van der Waals surface area contributed by atoms with E-state index in [1.165, 1.54) is 24.8 Å². The molecule has 1 aliphatic rings. The van der Waals surface area contributed by atoms with Gasteiger partial charge < -0.3 is 5.32 Å². The van der Waals surface area contributed by atoms with Gasteiger partial charge in [0.25, 0.3) is 0 Å². The fraction of sp³-hybridized carbons (Fsp3) is 0.786. The number of nitrogens with zero attached hydrogens (tertiary/aromatic N) is 2. The second-order valence-corrected chi connectivity index (χ2v) is 6.41. The Labute approximate surface area is 105 Å². The van der Waals surface area contributed by atoms with Crippen LogP contribution in [0.4, 0.5) is 0 Å². The predicted molar refractivity (Wildman–Crippen MR) is 70.9 cm³/mol. The van der Waals surface area contributed by atoms with Crippen molar-refractivity contribution in [1.82, 2.24) is 15.1 Å². The first-order chi connectivity index (χ1) is 7.96. The first kappa shape index (κ1) is 12.6. The van der Waals surface area contributed by atoms with Crippen LogP contribution < -0.4 is 5.32 Å². The van der Waals surface area contributed by atoms with Crippen molar-refractivity contribution >= 4 is 0 Å². The Morgan fingerprint density at radius 2 is 2.29 bits per heavy atom. The molecule has 3 heteroatoms. The van der Waals surface area contributed by atoms with Crippen LogP contribution in [0.2, 0.25) is 0 Å². The summed E-state index contributed by atoms with van der Waals surface area (Å²) in [5.74, 6) is 0. The van der Waals surface area contributed by atoms with Crippen LogP contribution in [0.15, 0.2) is 12.4 Å². The minimum atomic E-state index is 0.453. The fourth-order valence-electron chi connectivity index (χ4n) is 2.62.